The number of ketones is 1. The third kappa shape index (κ3) is 5.38. The average Bonchev–Trinajstić information content (AvgIpc) is 2.70. The number of carbonyl (C=O) groups excluding carboxylic acids is 1. The standard InChI is InChI=1S/C23H20ClNO3/c1-16(14-23(26)17-6-8-18(24)9-7-17)25-19-10-12-20(13-11-19)28-22-5-3-4-21(15-22)27-2/h3-15,25H,1-2H3/b16-14+. The Bertz CT molecular complexity index is 979. The second kappa shape index (κ2) is 9.11. The Morgan fingerprint density at radius 3 is 2.29 bits per heavy atom. The fraction of sp³-hybridized carbons (Fsp3) is 0.0870. The molecule has 0 spiro atoms. The summed E-state index contributed by atoms with van der Waals surface area (Å²) < 4.78 is 11.0. The molecule has 0 fully saturated rings. The van der Waals surface area contributed by atoms with E-state index in [1.165, 1.54) is 0 Å². The van der Waals surface area contributed by atoms with Crippen molar-refractivity contribution in [2.24, 2.45) is 0 Å². The molecule has 142 valence electrons. The fourth-order valence-corrected chi connectivity index (χ4v) is 2.69. The Kier molecular flexibility index (Phi) is 6.35. The second-order valence-corrected chi connectivity index (χ2v) is 6.57. The number of hydrogen-bond acceptors (Lipinski definition) is 4. The maximum Gasteiger partial charge on any atom is 0.187 e. The smallest absolute Gasteiger partial charge is 0.187 e. The molecule has 0 aliphatic rings. The molecule has 0 heterocycles. The van der Waals surface area contributed by atoms with Crippen LogP contribution in [0.3, 0.4) is 0 Å². The van der Waals surface area contributed by atoms with Gasteiger partial charge in [-0.3, -0.25) is 4.79 Å². The van der Waals surface area contributed by atoms with Crippen LogP contribution < -0.4 is 14.8 Å². The molecule has 28 heavy (non-hydrogen) atoms. The Hall–Kier alpha value is -3.24. The van der Waals surface area contributed by atoms with Crippen LogP contribution in [0, 0.1) is 0 Å². The summed E-state index contributed by atoms with van der Waals surface area (Å²) in [5.74, 6) is 2.06. The minimum atomic E-state index is -0.0837. The lowest BCUT2D eigenvalue weighted by molar-refractivity contribution is 0.104. The van der Waals surface area contributed by atoms with E-state index >= 15 is 0 Å². The minimum absolute atomic E-state index is 0.0837. The molecule has 5 heteroatoms. The van der Waals surface area contributed by atoms with Crippen LogP contribution in [0.25, 0.3) is 0 Å². The van der Waals surface area contributed by atoms with E-state index in [9.17, 15) is 4.79 Å². The summed E-state index contributed by atoms with van der Waals surface area (Å²) in [5, 5.41) is 3.81. The van der Waals surface area contributed by atoms with E-state index in [-0.39, 0.29) is 5.78 Å². The van der Waals surface area contributed by atoms with Crippen LogP contribution in [-0.2, 0) is 0 Å². The van der Waals surface area contributed by atoms with Crippen molar-refractivity contribution in [3.05, 3.63) is 95.2 Å². The number of allylic oxidation sites excluding steroid dienone is 2. The van der Waals surface area contributed by atoms with E-state index in [2.05, 4.69) is 5.32 Å². The van der Waals surface area contributed by atoms with Gasteiger partial charge in [-0.05, 0) is 67.6 Å². The number of carbonyl (C=O) groups is 1. The summed E-state index contributed by atoms with van der Waals surface area (Å²) in [6.45, 7) is 1.84. The number of ether oxygens (including phenoxy) is 2. The topological polar surface area (TPSA) is 47.6 Å². The molecule has 0 unspecified atom stereocenters. The lowest BCUT2D eigenvalue weighted by Gasteiger charge is -2.10. The van der Waals surface area contributed by atoms with Crippen molar-refractivity contribution >= 4 is 23.1 Å². The van der Waals surface area contributed by atoms with Crippen molar-refractivity contribution in [3.8, 4) is 17.2 Å². The van der Waals surface area contributed by atoms with Crippen LogP contribution in [0.2, 0.25) is 5.02 Å². The normalized spacial score (nSPS) is 11.0. The van der Waals surface area contributed by atoms with Crippen LogP contribution in [-0.4, -0.2) is 12.9 Å². The number of halogens is 1. The number of benzene rings is 3. The summed E-state index contributed by atoms with van der Waals surface area (Å²) >= 11 is 5.85. The highest BCUT2D eigenvalue weighted by molar-refractivity contribution is 6.30. The van der Waals surface area contributed by atoms with Crippen molar-refractivity contribution in [3.63, 3.8) is 0 Å². The fourth-order valence-electron chi connectivity index (χ4n) is 2.56. The van der Waals surface area contributed by atoms with Crippen LogP contribution in [0.5, 0.6) is 17.2 Å². The number of nitrogens with one attached hydrogen (secondary N) is 1. The molecular formula is C23H20ClNO3. The Balaban J connectivity index is 1.63. The van der Waals surface area contributed by atoms with Crippen LogP contribution in [0.15, 0.2) is 84.6 Å². The molecule has 3 rings (SSSR count). The zero-order valence-electron chi connectivity index (χ0n) is 15.6. The van der Waals surface area contributed by atoms with Crippen LogP contribution in [0.1, 0.15) is 17.3 Å². The first kappa shape index (κ1) is 19.5. The third-order valence-corrected chi connectivity index (χ3v) is 4.20. The van der Waals surface area contributed by atoms with Crippen LogP contribution >= 0.6 is 11.6 Å². The summed E-state index contributed by atoms with van der Waals surface area (Å²) in [4.78, 5) is 12.3. The van der Waals surface area contributed by atoms with E-state index < -0.39 is 0 Å². The van der Waals surface area contributed by atoms with Gasteiger partial charge in [-0.2, -0.15) is 0 Å². The van der Waals surface area contributed by atoms with Gasteiger partial charge in [0, 0.05) is 34.1 Å². The Morgan fingerprint density at radius 1 is 0.929 bits per heavy atom. The van der Waals surface area contributed by atoms with Gasteiger partial charge < -0.3 is 14.8 Å². The van der Waals surface area contributed by atoms with Crippen molar-refractivity contribution in [2.75, 3.05) is 12.4 Å². The summed E-state index contributed by atoms with van der Waals surface area (Å²) in [7, 11) is 1.62. The summed E-state index contributed by atoms with van der Waals surface area (Å²) in [5.41, 5.74) is 2.18. The number of anilines is 1. The summed E-state index contributed by atoms with van der Waals surface area (Å²) in [6, 6.07) is 21.7. The van der Waals surface area contributed by atoms with Crippen molar-refractivity contribution in [2.45, 2.75) is 6.92 Å². The molecule has 1 N–H and O–H groups in total. The number of methoxy groups -OCH3 is 1. The van der Waals surface area contributed by atoms with Gasteiger partial charge in [-0.25, -0.2) is 0 Å². The monoisotopic (exact) mass is 393 g/mol. The SMILES string of the molecule is COc1cccc(Oc2ccc(N/C(C)=C/C(=O)c3ccc(Cl)cc3)cc2)c1. The van der Waals surface area contributed by atoms with Gasteiger partial charge in [-0.1, -0.05) is 17.7 Å². The highest BCUT2D eigenvalue weighted by atomic mass is 35.5. The number of rotatable bonds is 7. The molecule has 0 amide bonds. The first-order valence-corrected chi connectivity index (χ1v) is 9.08. The predicted octanol–water partition coefficient (Wildman–Crippen LogP) is 6.34. The number of hydrogen-bond donors (Lipinski definition) is 1. The van der Waals surface area contributed by atoms with E-state index in [1.54, 1.807) is 37.5 Å². The molecule has 0 aliphatic carbocycles. The highest BCUT2D eigenvalue weighted by Crippen LogP contribution is 2.26. The van der Waals surface area contributed by atoms with Gasteiger partial charge in [-0.15, -0.1) is 0 Å². The van der Waals surface area contributed by atoms with E-state index in [0.29, 0.717) is 22.1 Å². The maximum atomic E-state index is 12.3. The minimum Gasteiger partial charge on any atom is -0.497 e. The van der Waals surface area contributed by atoms with Crippen molar-refractivity contribution in [1.82, 2.24) is 0 Å². The molecule has 0 atom stereocenters. The Labute approximate surface area is 169 Å². The van der Waals surface area contributed by atoms with Gasteiger partial charge in [0.15, 0.2) is 5.78 Å². The van der Waals surface area contributed by atoms with E-state index in [0.717, 1.165) is 17.1 Å². The zero-order chi connectivity index (χ0) is 19.9. The predicted molar refractivity (Wildman–Crippen MR) is 113 cm³/mol. The van der Waals surface area contributed by atoms with Crippen molar-refractivity contribution < 1.29 is 14.3 Å². The molecule has 0 bridgehead atoms. The van der Waals surface area contributed by atoms with E-state index in [4.69, 9.17) is 21.1 Å². The van der Waals surface area contributed by atoms with Gasteiger partial charge >= 0.3 is 0 Å². The molecular weight excluding hydrogens is 374 g/mol. The molecule has 4 nitrogen and oxygen atoms in total. The zero-order valence-corrected chi connectivity index (χ0v) is 16.4. The molecule has 3 aromatic carbocycles. The highest BCUT2D eigenvalue weighted by Gasteiger charge is 2.04. The first-order chi connectivity index (χ1) is 13.5. The molecule has 0 radical (unpaired) electrons. The second-order valence-electron chi connectivity index (χ2n) is 6.13. The molecule has 0 saturated carbocycles. The molecule has 0 saturated heterocycles. The lowest BCUT2D eigenvalue weighted by atomic mass is 10.1. The first-order valence-electron chi connectivity index (χ1n) is 8.71. The Morgan fingerprint density at radius 2 is 1.61 bits per heavy atom. The maximum absolute atomic E-state index is 12.3. The van der Waals surface area contributed by atoms with Gasteiger partial charge in [0.2, 0.25) is 0 Å². The average molecular weight is 394 g/mol. The molecule has 0 aromatic heterocycles. The van der Waals surface area contributed by atoms with Gasteiger partial charge in [0.25, 0.3) is 0 Å². The third-order valence-electron chi connectivity index (χ3n) is 3.95. The lowest BCUT2D eigenvalue weighted by Crippen LogP contribution is -2.01. The van der Waals surface area contributed by atoms with Gasteiger partial charge in [0.1, 0.15) is 17.2 Å². The van der Waals surface area contributed by atoms with E-state index in [1.807, 2.05) is 55.5 Å². The van der Waals surface area contributed by atoms with Crippen molar-refractivity contribution in [1.29, 1.82) is 0 Å². The molecule has 3 aromatic rings. The van der Waals surface area contributed by atoms with Crippen LogP contribution in [0.4, 0.5) is 5.69 Å². The van der Waals surface area contributed by atoms with Gasteiger partial charge in [0.05, 0.1) is 7.11 Å². The largest absolute Gasteiger partial charge is 0.497 e. The molecule has 0 aliphatic heterocycles. The summed E-state index contributed by atoms with van der Waals surface area (Å²) in [6.07, 6.45) is 1.56. The quantitative estimate of drug-likeness (QED) is 0.376.